The number of aromatic hydroxyl groups is 1. The fourth-order valence-electron chi connectivity index (χ4n) is 3.27. The number of phenolic OH excluding ortho intramolecular Hbond substituents is 1. The summed E-state index contributed by atoms with van der Waals surface area (Å²) in [6.07, 6.45) is 1.09. The van der Waals surface area contributed by atoms with Crippen molar-refractivity contribution in [3.8, 4) is 23.0 Å². The van der Waals surface area contributed by atoms with Crippen LogP contribution in [-0.4, -0.2) is 54.3 Å². The van der Waals surface area contributed by atoms with Gasteiger partial charge in [-0.15, -0.1) is 0 Å². The first-order valence-corrected chi connectivity index (χ1v) is 9.09. The van der Waals surface area contributed by atoms with Crippen molar-refractivity contribution < 1.29 is 29.0 Å². The number of nitro groups is 1. The van der Waals surface area contributed by atoms with Crippen molar-refractivity contribution in [2.45, 2.75) is 18.9 Å². The lowest BCUT2D eigenvalue weighted by atomic mass is 10.1. The molecular weight excluding hydrogens is 380 g/mol. The molecular formula is C20H22N2O7. The molecule has 2 aromatic carbocycles. The molecule has 1 aliphatic rings. The van der Waals surface area contributed by atoms with Gasteiger partial charge in [0.25, 0.3) is 5.91 Å². The number of methoxy groups -OCH3 is 2. The van der Waals surface area contributed by atoms with Gasteiger partial charge in [-0.25, -0.2) is 0 Å². The van der Waals surface area contributed by atoms with Gasteiger partial charge < -0.3 is 24.2 Å². The quantitative estimate of drug-likeness (QED) is 0.584. The molecule has 0 saturated carbocycles. The number of likely N-dealkylation sites (tertiary alicyclic amines) is 1. The minimum atomic E-state index is -0.696. The van der Waals surface area contributed by atoms with Crippen LogP contribution in [0.25, 0.3) is 0 Å². The zero-order valence-corrected chi connectivity index (χ0v) is 16.2. The second-order valence-corrected chi connectivity index (χ2v) is 6.56. The number of hydrogen-bond acceptors (Lipinski definition) is 7. The van der Waals surface area contributed by atoms with Crippen molar-refractivity contribution in [2.75, 3.05) is 27.3 Å². The third kappa shape index (κ3) is 4.34. The summed E-state index contributed by atoms with van der Waals surface area (Å²) in [6.45, 7) is 0.914. The molecule has 1 saturated heterocycles. The number of para-hydroxylation sites is 1. The number of carbonyl (C=O) groups excluding carboxylic acids is 1. The Hall–Kier alpha value is -3.49. The van der Waals surface area contributed by atoms with Gasteiger partial charge in [0.05, 0.1) is 19.1 Å². The third-order valence-electron chi connectivity index (χ3n) is 4.82. The predicted octanol–water partition coefficient (Wildman–Crippen LogP) is 3.00. The molecule has 2 aromatic rings. The Kier molecular flexibility index (Phi) is 6.06. The van der Waals surface area contributed by atoms with Crippen LogP contribution in [0.2, 0.25) is 0 Å². The van der Waals surface area contributed by atoms with Crippen LogP contribution in [0.5, 0.6) is 23.0 Å². The number of phenols is 1. The number of hydrogen-bond donors (Lipinski definition) is 1. The first kappa shape index (κ1) is 20.2. The smallest absolute Gasteiger partial charge is 0.310 e. The number of carbonyl (C=O) groups is 1. The summed E-state index contributed by atoms with van der Waals surface area (Å²) in [4.78, 5) is 24.4. The number of piperidine rings is 1. The zero-order valence-electron chi connectivity index (χ0n) is 16.2. The number of nitro benzene ring substituents is 1. The minimum Gasteiger partial charge on any atom is -0.502 e. The molecule has 9 heteroatoms. The highest BCUT2D eigenvalue weighted by Crippen LogP contribution is 2.38. The number of benzene rings is 2. The molecule has 9 nitrogen and oxygen atoms in total. The summed E-state index contributed by atoms with van der Waals surface area (Å²) in [6, 6.07) is 9.00. The topological polar surface area (TPSA) is 111 Å². The summed E-state index contributed by atoms with van der Waals surface area (Å²) < 4.78 is 16.8. The summed E-state index contributed by atoms with van der Waals surface area (Å²) >= 11 is 0. The first-order valence-electron chi connectivity index (χ1n) is 9.09. The van der Waals surface area contributed by atoms with E-state index in [0.29, 0.717) is 43.2 Å². The zero-order chi connectivity index (χ0) is 21.0. The van der Waals surface area contributed by atoms with Crippen LogP contribution >= 0.6 is 0 Å². The second-order valence-electron chi connectivity index (χ2n) is 6.56. The largest absolute Gasteiger partial charge is 0.502 e. The van der Waals surface area contributed by atoms with Gasteiger partial charge in [-0.05, 0) is 24.3 Å². The van der Waals surface area contributed by atoms with E-state index in [1.165, 1.54) is 6.07 Å². The Morgan fingerprint density at radius 3 is 2.28 bits per heavy atom. The minimum absolute atomic E-state index is 0.116. The monoisotopic (exact) mass is 402 g/mol. The van der Waals surface area contributed by atoms with Crippen molar-refractivity contribution in [3.05, 3.63) is 52.1 Å². The lowest BCUT2D eigenvalue weighted by Gasteiger charge is -2.32. The molecule has 29 heavy (non-hydrogen) atoms. The molecule has 0 atom stereocenters. The van der Waals surface area contributed by atoms with Crippen LogP contribution in [-0.2, 0) is 0 Å². The lowest BCUT2D eigenvalue weighted by molar-refractivity contribution is -0.385. The average molecular weight is 402 g/mol. The Labute approximate surface area is 167 Å². The van der Waals surface area contributed by atoms with Crippen molar-refractivity contribution in [2.24, 2.45) is 0 Å². The number of amides is 1. The molecule has 1 N–H and O–H groups in total. The highest BCUT2D eigenvalue weighted by molar-refractivity contribution is 5.95. The van der Waals surface area contributed by atoms with Crippen molar-refractivity contribution in [1.82, 2.24) is 4.90 Å². The maximum atomic E-state index is 12.7. The van der Waals surface area contributed by atoms with E-state index in [1.54, 1.807) is 31.3 Å². The Morgan fingerprint density at radius 1 is 1.14 bits per heavy atom. The molecule has 0 radical (unpaired) electrons. The highest BCUT2D eigenvalue weighted by atomic mass is 16.6. The molecule has 1 heterocycles. The molecule has 154 valence electrons. The van der Waals surface area contributed by atoms with E-state index < -0.39 is 16.4 Å². The average Bonchev–Trinajstić information content (AvgIpc) is 2.73. The van der Waals surface area contributed by atoms with Crippen molar-refractivity contribution >= 4 is 11.6 Å². The van der Waals surface area contributed by atoms with Crippen LogP contribution in [0.1, 0.15) is 23.2 Å². The van der Waals surface area contributed by atoms with E-state index >= 15 is 0 Å². The summed E-state index contributed by atoms with van der Waals surface area (Å²) in [7, 11) is 3.12. The number of nitrogens with zero attached hydrogens (tertiary/aromatic N) is 2. The normalized spacial score (nSPS) is 14.3. The molecule has 1 aliphatic heterocycles. The van der Waals surface area contributed by atoms with Gasteiger partial charge >= 0.3 is 5.69 Å². The van der Waals surface area contributed by atoms with E-state index in [4.69, 9.17) is 14.2 Å². The SMILES string of the molecule is COc1cccc(OC)c1OC1CCN(C(=O)c2ccc([N+](=O)[O-])c(O)c2)CC1. The molecule has 0 aromatic heterocycles. The summed E-state index contributed by atoms with van der Waals surface area (Å²) in [5.74, 6) is 0.863. The van der Waals surface area contributed by atoms with Gasteiger partial charge in [-0.3, -0.25) is 14.9 Å². The molecule has 1 fully saturated rings. The Bertz CT molecular complexity index is 885. The molecule has 0 unspecified atom stereocenters. The Balaban J connectivity index is 1.65. The predicted molar refractivity (Wildman–Crippen MR) is 104 cm³/mol. The van der Waals surface area contributed by atoms with Crippen molar-refractivity contribution in [3.63, 3.8) is 0 Å². The van der Waals surface area contributed by atoms with E-state index in [9.17, 15) is 20.0 Å². The van der Waals surface area contributed by atoms with Crippen LogP contribution < -0.4 is 14.2 Å². The maximum absolute atomic E-state index is 12.7. The van der Waals surface area contributed by atoms with Crippen LogP contribution in [0.3, 0.4) is 0 Å². The van der Waals surface area contributed by atoms with Crippen molar-refractivity contribution in [1.29, 1.82) is 0 Å². The number of ether oxygens (including phenoxy) is 3. The molecule has 0 bridgehead atoms. The molecule has 0 aliphatic carbocycles. The van der Waals surface area contributed by atoms with E-state index in [0.717, 1.165) is 12.1 Å². The lowest BCUT2D eigenvalue weighted by Crippen LogP contribution is -2.41. The van der Waals surface area contributed by atoms with Gasteiger partial charge in [0.2, 0.25) is 5.75 Å². The maximum Gasteiger partial charge on any atom is 0.310 e. The highest BCUT2D eigenvalue weighted by Gasteiger charge is 2.27. The van der Waals surface area contributed by atoms with E-state index in [2.05, 4.69) is 0 Å². The van der Waals surface area contributed by atoms with Crippen LogP contribution in [0, 0.1) is 10.1 Å². The van der Waals surface area contributed by atoms with Crippen LogP contribution in [0.15, 0.2) is 36.4 Å². The van der Waals surface area contributed by atoms with Gasteiger partial charge in [-0.1, -0.05) is 6.07 Å². The van der Waals surface area contributed by atoms with Gasteiger partial charge in [0, 0.05) is 37.6 Å². The second kappa shape index (κ2) is 8.68. The van der Waals surface area contributed by atoms with E-state index in [-0.39, 0.29) is 17.6 Å². The molecule has 1 amide bonds. The molecule has 0 spiro atoms. The Morgan fingerprint density at radius 2 is 1.76 bits per heavy atom. The fourth-order valence-corrected chi connectivity index (χ4v) is 3.27. The van der Waals surface area contributed by atoms with Crippen LogP contribution in [0.4, 0.5) is 5.69 Å². The first-order chi connectivity index (χ1) is 13.9. The number of rotatable bonds is 6. The third-order valence-corrected chi connectivity index (χ3v) is 4.82. The van der Waals surface area contributed by atoms with Gasteiger partial charge in [0.1, 0.15) is 6.10 Å². The summed E-state index contributed by atoms with van der Waals surface area (Å²) in [5, 5.41) is 20.6. The van der Waals surface area contributed by atoms with Gasteiger partial charge in [0.15, 0.2) is 17.2 Å². The summed E-state index contributed by atoms with van der Waals surface area (Å²) in [5.41, 5.74) is -0.224. The molecule has 3 rings (SSSR count). The standard InChI is InChI=1S/C20H22N2O7/c1-27-17-4-3-5-18(28-2)19(17)29-14-8-10-21(11-9-14)20(24)13-6-7-15(22(25)26)16(23)12-13/h3-7,12,14,23H,8-11H2,1-2H3. The fraction of sp³-hybridized carbons (Fsp3) is 0.350. The van der Waals surface area contributed by atoms with Gasteiger partial charge in [-0.2, -0.15) is 0 Å². The van der Waals surface area contributed by atoms with E-state index in [1.807, 2.05) is 6.07 Å².